The van der Waals surface area contributed by atoms with Crippen LogP contribution in [0.2, 0.25) is 5.02 Å². The maximum absolute atomic E-state index is 12.5. The number of rotatable bonds is 2. The molecule has 114 valence electrons. The van der Waals surface area contributed by atoms with Crippen LogP contribution in [0.4, 0.5) is 0 Å². The number of carbonyl (C=O) groups is 1. The summed E-state index contributed by atoms with van der Waals surface area (Å²) in [6, 6.07) is 4.33. The van der Waals surface area contributed by atoms with Crippen molar-refractivity contribution in [2.75, 3.05) is 6.54 Å². The molecule has 0 aromatic heterocycles. The van der Waals surface area contributed by atoms with E-state index in [-0.39, 0.29) is 15.8 Å². The number of hydrogen-bond acceptors (Lipinski definition) is 3. The molecule has 21 heavy (non-hydrogen) atoms. The summed E-state index contributed by atoms with van der Waals surface area (Å²) in [5.41, 5.74) is 0.341. The molecule has 1 aromatic carbocycles. The largest absolute Gasteiger partial charge is 0.335 e. The first-order valence-corrected chi connectivity index (χ1v) is 8.93. The first kappa shape index (κ1) is 14.8. The zero-order valence-electron chi connectivity index (χ0n) is 11.5. The zero-order valence-corrected chi connectivity index (χ0v) is 13.0. The standard InChI is InChI=1S/C14H17ClN2O3S/c15-12-7-10(21(16,19)20)5-6-11(12)14(18)17-8-9-3-1-2-4-13(9)17/h5-7,9,13H,1-4,8H2,(H2,16,19,20)/t9-,13-/m1/s1. The second-order valence-corrected chi connectivity index (χ2v) is 7.72. The van der Waals surface area contributed by atoms with Gasteiger partial charge in [-0.2, -0.15) is 0 Å². The summed E-state index contributed by atoms with van der Waals surface area (Å²) in [7, 11) is -3.81. The van der Waals surface area contributed by atoms with Gasteiger partial charge in [0.05, 0.1) is 15.5 Å². The van der Waals surface area contributed by atoms with Gasteiger partial charge in [0.25, 0.3) is 5.91 Å². The lowest BCUT2D eigenvalue weighted by atomic mass is 9.76. The number of nitrogens with zero attached hydrogens (tertiary/aromatic N) is 1. The van der Waals surface area contributed by atoms with Gasteiger partial charge in [0.15, 0.2) is 0 Å². The molecule has 1 aliphatic carbocycles. The van der Waals surface area contributed by atoms with Gasteiger partial charge in [-0.1, -0.05) is 24.4 Å². The Balaban J connectivity index is 1.82. The third kappa shape index (κ3) is 2.67. The molecule has 5 nitrogen and oxygen atoms in total. The number of halogens is 1. The van der Waals surface area contributed by atoms with E-state index in [1.54, 1.807) is 0 Å². The number of benzene rings is 1. The zero-order chi connectivity index (χ0) is 15.2. The van der Waals surface area contributed by atoms with Crippen LogP contribution in [-0.2, 0) is 10.0 Å². The summed E-state index contributed by atoms with van der Waals surface area (Å²) in [6.07, 6.45) is 4.63. The summed E-state index contributed by atoms with van der Waals surface area (Å²) in [5.74, 6) is 0.495. The minimum Gasteiger partial charge on any atom is -0.335 e. The smallest absolute Gasteiger partial charge is 0.255 e. The highest BCUT2D eigenvalue weighted by atomic mass is 35.5. The van der Waals surface area contributed by atoms with E-state index in [0.717, 1.165) is 19.4 Å². The third-order valence-electron chi connectivity index (χ3n) is 4.46. The lowest BCUT2D eigenvalue weighted by molar-refractivity contribution is -0.00363. The molecule has 2 aliphatic rings. The first-order valence-electron chi connectivity index (χ1n) is 7.01. The summed E-state index contributed by atoms with van der Waals surface area (Å²) in [5, 5.41) is 5.18. The molecule has 1 heterocycles. The van der Waals surface area contributed by atoms with E-state index in [1.165, 1.54) is 31.0 Å². The molecule has 0 unspecified atom stereocenters. The van der Waals surface area contributed by atoms with Crippen molar-refractivity contribution in [1.29, 1.82) is 0 Å². The number of hydrogen-bond donors (Lipinski definition) is 1. The van der Waals surface area contributed by atoms with Gasteiger partial charge in [0.2, 0.25) is 10.0 Å². The molecule has 7 heteroatoms. The van der Waals surface area contributed by atoms with Crippen molar-refractivity contribution in [2.24, 2.45) is 11.1 Å². The molecule has 2 atom stereocenters. The number of fused-ring (bicyclic) bond motifs is 1. The number of likely N-dealkylation sites (tertiary alicyclic amines) is 1. The van der Waals surface area contributed by atoms with Gasteiger partial charge in [0.1, 0.15) is 0 Å². The predicted molar refractivity (Wildman–Crippen MR) is 79.6 cm³/mol. The molecular formula is C14H17ClN2O3S. The Kier molecular flexibility index (Phi) is 3.71. The Morgan fingerprint density at radius 1 is 1.29 bits per heavy atom. The highest BCUT2D eigenvalue weighted by Crippen LogP contribution is 2.38. The van der Waals surface area contributed by atoms with Crippen LogP contribution in [0.1, 0.15) is 36.0 Å². The van der Waals surface area contributed by atoms with Gasteiger partial charge in [0, 0.05) is 12.6 Å². The highest BCUT2D eigenvalue weighted by molar-refractivity contribution is 7.89. The monoisotopic (exact) mass is 328 g/mol. The Labute approximate surface area is 129 Å². The number of sulfonamides is 1. The molecule has 0 radical (unpaired) electrons. The van der Waals surface area contributed by atoms with Crippen molar-refractivity contribution in [2.45, 2.75) is 36.6 Å². The second-order valence-electron chi connectivity index (χ2n) is 5.76. The van der Waals surface area contributed by atoms with Crippen LogP contribution < -0.4 is 5.14 Å². The van der Waals surface area contributed by atoms with Crippen LogP contribution in [0.15, 0.2) is 23.1 Å². The Hall–Kier alpha value is -1.11. The van der Waals surface area contributed by atoms with Gasteiger partial charge in [-0.15, -0.1) is 0 Å². The molecule has 0 spiro atoms. The van der Waals surface area contributed by atoms with E-state index < -0.39 is 10.0 Å². The second kappa shape index (κ2) is 5.26. The van der Waals surface area contributed by atoms with Crippen molar-refractivity contribution in [3.8, 4) is 0 Å². The average Bonchev–Trinajstić information content (AvgIpc) is 2.38. The molecule has 1 amide bonds. The van der Waals surface area contributed by atoms with Crippen molar-refractivity contribution in [1.82, 2.24) is 4.90 Å². The van der Waals surface area contributed by atoms with Crippen LogP contribution in [0.25, 0.3) is 0 Å². The van der Waals surface area contributed by atoms with E-state index in [4.69, 9.17) is 16.7 Å². The van der Waals surface area contributed by atoms with E-state index in [1.807, 2.05) is 4.90 Å². The molecule has 2 N–H and O–H groups in total. The van der Waals surface area contributed by atoms with Gasteiger partial charge >= 0.3 is 0 Å². The van der Waals surface area contributed by atoms with E-state index >= 15 is 0 Å². The lowest BCUT2D eigenvalue weighted by Crippen LogP contribution is -2.59. The molecule has 1 aromatic rings. The molecule has 1 saturated carbocycles. The molecule has 1 aliphatic heterocycles. The fraction of sp³-hybridized carbons (Fsp3) is 0.500. The van der Waals surface area contributed by atoms with Crippen LogP contribution >= 0.6 is 11.6 Å². The lowest BCUT2D eigenvalue weighted by Gasteiger charge is -2.51. The fourth-order valence-corrected chi connectivity index (χ4v) is 4.16. The van der Waals surface area contributed by atoms with Crippen LogP contribution in [-0.4, -0.2) is 31.8 Å². The molecule has 0 bridgehead atoms. The third-order valence-corrected chi connectivity index (χ3v) is 5.68. The van der Waals surface area contributed by atoms with Gasteiger partial charge < -0.3 is 4.90 Å². The summed E-state index contributed by atoms with van der Waals surface area (Å²) in [6.45, 7) is 0.775. The highest BCUT2D eigenvalue weighted by Gasteiger charge is 2.43. The summed E-state index contributed by atoms with van der Waals surface area (Å²) in [4.78, 5) is 14.3. The molecule has 1 saturated heterocycles. The van der Waals surface area contributed by atoms with Gasteiger partial charge in [-0.25, -0.2) is 13.6 Å². The SMILES string of the molecule is NS(=O)(=O)c1ccc(C(=O)N2C[C@H]3CCCC[C@H]32)c(Cl)c1. The minimum absolute atomic E-state index is 0.0804. The van der Waals surface area contributed by atoms with Gasteiger partial charge in [-0.05, 0) is 37.0 Å². The average molecular weight is 329 g/mol. The van der Waals surface area contributed by atoms with E-state index in [2.05, 4.69) is 0 Å². The number of amides is 1. The Bertz CT molecular complexity index is 689. The number of primary sulfonamides is 1. The van der Waals surface area contributed by atoms with Crippen LogP contribution in [0, 0.1) is 5.92 Å². The Morgan fingerprint density at radius 2 is 2.00 bits per heavy atom. The first-order chi connectivity index (χ1) is 9.88. The Morgan fingerprint density at radius 3 is 2.62 bits per heavy atom. The minimum atomic E-state index is -3.81. The summed E-state index contributed by atoms with van der Waals surface area (Å²) < 4.78 is 22.6. The fourth-order valence-electron chi connectivity index (χ4n) is 3.30. The molecular weight excluding hydrogens is 312 g/mol. The molecule has 2 fully saturated rings. The topological polar surface area (TPSA) is 80.5 Å². The van der Waals surface area contributed by atoms with Crippen molar-refractivity contribution < 1.29 is 13.2 Å². The predicted octanol–water partition coefficient (Wildman–Crippen LogP) is 2.00. The maximum Gasteiger partial charge on any atom is 0.255 e. The summed E-state index contributed by atoms with van der Waals surface area (Å²) >= 11 is 6.06. The van der Waals surface area contributed by atoms with Crippen LogP contribution in [0.5, 0.6) is 0 Å². The van der Waals surface area contributed by atoms with E-state index in [9.17, 15) is 13.2 Å². The van der Waals surface area contributed by atoms with Crippen molar-refractivity contribution in [3.05, 3.63) is 28.8 Å². The maximum atomic E-state index is 12.5. The van der Waals surface area contributed by atoms with Gasteiger partial charge in [-0.3, -0.25) is 4.79 Å². The van der Waals surface area contributed by atoms with Crippen molar-refractivity contribution >= 4 is 27.5 Å². The normalized spacial score (nSPS) is 25.1. The molecule has 3 rings (SSSR count). The van der Waals surface area contributed by atoms with E-state index in [0.29, 0.717) is 17.5 Å². The quantitative estimate of drug-likeness (QED) is 0.901. The van der Waals surface area contributed by atoms with Crippen molar-refractivity contribution in [3.63, 3.8) is 0 Å². The number of carbonyl (C=O) groups excluding carboxylic acids is 1. The number of nitrogens with two attached hydrogens (primary N) is 1. The van der Waals surface area contributed by atoms with Crippen LogP contribution in [0.3, 0.4) is 0 Å².